The Kier molecular flexibility index (Phi) is 5.59. The zero-order valence-electron chi connectivity index (χ0n) is 13.9. The minimum Gasteiger partial charge on any atom is -0.342 e. The van der Waals surface area contributed by atoms with Crippen molar-refractivity contribution in [2.24, 2.45) is 0 Å². The molecule has 0 saturated heterocycles. The van der Waals surface area contributed by atoms with Crippen LogP contribution < -0.4 is 0 Å². The standard InChI is InChI=1S/C17H24N2O3S/c1-14(20)18(2)11-16-5-4-10-19(13-16)12-15-6-8-17(9-7-15)23(3,21)22/h5-9H,4,10-13H2,1-3H3. The minimum atomic E-state index is -3.14. The summed E-state index contributed by atoms with van der Waals surface area (Å²) in [6.07, 6.45) is 4.40. The van der Waals surface area contributed by atoms with Gasteiger partial charge in [0.2, 0.25) is 5.91 Å². The number of hydrogen-bond acceptors (Lipinski definition) is 4. The number of carbonyl (C=O) groups is 1. The second-order valence-electron chi connectivity index (χ2n) is 6.15. The van der Waals surface area contributed by atoms with Gasteiger partial charge >= 0.3 is 0 Å². The van der Waals surface area contributed by atoms with E-state index in [9.17, 15) is 13.2 Å². The molecule has 1 heterocycles. The van der Waals surface area contributed by atoms with E-state index in [2.05, 4.69) is 11.0 Å². The highest BCUT2D eigenvalue weighted by Crippen LogP contribution is 2.16. The van der Waals surface area contributed by atoms with E-state index in [1.807, 2.05) is 19.2 Å². The van der Waals surface area contributed by atoms with Crippen LogP contribution >= 0.6 is 0 Å². The van der Waals surface area contributed by atoms with E-state index < -0.39 is 9.84 Å². The Morgan fingerprint density at radius 1 is 1.26 bits per heavy atom. The Balaban J connectivity index is 1.96. The monoisotopic (exact) mass is 336 g/mol. The normalized spacial score (nSPS) is 16.0. The predicted molar refractivity (Wildman–Crippen MR) is 90.8 cm³/mol. The second kappa shape index (κ2) is 7.27. The molecule has 23 heavy (non-hydrogen) atoms. The third-order valence-corrected chi connectivity index (χ3v) is 5.17. The van der Waals surface area contributed by atoms with Gasteiger partial charge in [-0.1, -0.05) is 18.2 Å². The summed E-state index contributed by atoms with van der Waals surface area (Å²) >= 11 is 0. The lowest BCUT2D eigenvalue weighted by Gasteiger charge is -2.29. The largest absolute Gasteiger partial charge is 0.342 e. The summed E-state index contributed by atoms with van der Waals surface area (Å²) in [5.74, 6) is 0.0689. The number of nitrogens with zero attached hydrogens (tertiary/aromatic N) is 2. The molecular weight excluding hydrogens is 312 g/mol. The molecule has 2 rings (SSSR count). The highest BCUT2D eigenvalue weighted by Gasteiger charge is 2.15. The first-order valence-corrected chi connectivity index (χ1v) is 9.56. The van der Waals surface area contributed by atoms with Crippen LogP contribution in [0, 0.1) is 0 Å². The van der Waals surface area contributed by atoms with Crippen molar-refractivity contribution >= 4 is 15.7 Å². The molecule has 0 atom stereocenters. The van der Waals surface area contributed by atoms with Gasteiger partial charge in [0.1, 0.15) is 0 Å². The number of benzene rings is 1. The molecule has 126 valence electrons. The van der Waals surface area contributed by atoms with E-state index in [-0.39, 0.29) is 5.91 Å². The first-order valence-electron chi connectivity index (χ1n) is 7.66. The molecule has 0 unspecified atom stereocenters. The van der Waals surface area contributed by atoms with Gasteiger partial charge in [0.15, 0.2) is 9.84 Å². The summed E-state index contributed by atoms with van der Waals surface area (Å²) in [4.78, 5) is 15.7. The number of hydrogen-bond donors (Lipinski definition) is 0. The lowest BCUT2D eigenvalue weighted by molar-refractivity contribution is -0.127. The number of amides is 1. The summed E-state index contributed by atoms with van der Waals surface area (Å²) in [7, 11) is -1.33. The Labute approximate surface area is 138 Å². The molecule has 0 N–H and O–H groups in total. The summed E-state index contributed by atoms with van der Waals surface area (Å²) in [6.45, 7) is 4.83. The summed E-state index contributed by atoms with van der Waals surface area (Å²) in [6, 6.07) is 7.07. The summed E-state index contributed by atoms with van der Waals surface area (Å²) < 4.78 is 23.0. The van der Waals surface area contributed by atoms with E-state index in [0.29, 0.717) is 11.4 Å². The van der Waals surface area contributed by atoms with Crippen LogP contribution in [0.2, 0.25) is 0 Å². The van der Waals surface area contributed by atoms with Gasteiger partial charge in [0.05, 0.1) is 4.90 Å². The van der Waals surface area contributed by atoms with Crippen LogP contribution in [0.1, 0.15) is 18.9 Å². The Morgan fingerprint density at radius 3 is 2.48 bits per heavy atom. The van der Waals surface area contributed by atoms with Gasteiger partial charge in [0, 0.05) is 46.4 Å². The smallest absolute Gasteiger partial charge is 0.219 e. The minimum absolute atomic E-state index is 0.0689. The molecule has 0 aliphatic carbocycles. The van der Waals surface area contributed by atoms with Gasteiger partial charge in [-0.3, -0.25) is 9.69 Å². The molecular formula is C17H24N2O3S. The third-order valence-electron chi connectivity index (χ3n) is 4.04. The molecule has 1 aromatic rings. The maximum absolute atomic E-state index is 11.5. The Morgan fingerprint density at radius 2 is 1.91 bits per heavy atom. The van der Waals surface area contributed by atoms with Crippen LogP contribution in [0.5, 0.6) is 0 Å². The van der Waals surface area contributed by atoms with Crippen molar-refractivity contribution in [2.75, 3.05) is 32.9 Å². The van der Waals surface area contributed by atoms with Gasteiger partial charge < -0.3 is 4.90 Å². The fraction of sp³-hybridized carbons (Fsp3) is 0.471. The number of carbonyl (C=O) groups excluding carboxylic acids is 1. The fourth-order valence-corrected chi connectivity index (χ4v) is 3.28. The van der Waals surface area contributed by atoms with E-state index in [4.69, 9.17) is 0 Å². The average Bonchev–Trinajstić information content (AvgIpc) is 2.47. The van der Waals surface area contributed by atoms with E-state index in [0.717, 1.165) is 31.6 Å². The highest BCUT2D eigenvalue weighted by atomic mass is 32.2. The Hall–Kier alpha value is -1.66. The zero-order chi connectivity index (χ0) is 17.0. The van der Waals surface area contributed by atoms with Crippen molar-refractivity contribution in [3.05, 3.63) is 41.5 Å². The summed E-state index contributed by atoms with van der Waals surface area (Å²) in [5.41, 5.74) is 2.35. The lowest BCUT2D eigenvalue weighted by Crippen LogP contribution is -2.34. The first kappa shape index (κ1) is 17.7. The van der Waals surface area contributed by atoms with Crippen molar-refractivity contribution in [3.8, 4) is 0 Å². The van der Waals surface area contributed by atoms with Crippen molar-refractivity contribution in [3.63, 3.8) is 0 Å². The van der Waals surface area contributed by atoms with E-state index in [1.165, 1.54) is 11.8 Å². The van der Waals surface area contributed by atoms with Crippen molar-refractivity contribution < 1.29 is 13.2 Å². The van der Waals surface area contributed by atoms with Crippen molar-refractivity contribution in [2.45, 2.75) is 24.8 Å². The fourth-order valence-electron chi connectivity index (χ4n) is 2.65. The van der Waals surface area contributed by atoms with Gasteiger partial charge in [0.25, 0.3) is 0 Å². The third kappa shape index (κ3) is 5.18. The van der Waals surface area contributed by atoms with Crippen LogP contribution in [0.4, 0.5) is 0 Å². The van der Waals surface area contributed by atoms with Crippen molar-refractivity contribution in [1.29, 1.82) is 0 Å². The molecule has 1 amide bonds. The number of sulfone groups is 1. The highest BCUT2D eigenvalue weighted by molar-refractivity contribution is 7.90. The van der Waals surface area contributed by atoms with Gasteiger partial charge in [-0.25, -0.2) is 8.42 Å². The average molecular weight is 336 g/mol. The predicted octanol–water partition coefficient (Wildman–Crippen LogP) is 1.70. The summed E-state index contributed by atoms with van der Waals surface area (Å²) in [5, 5.41) is 0. The van der Waals surface area contributed by atoms with Crippen molar-refractivity contribution in [1.82, 2.24) is 9.80 Å². The molecule has 0 spiro atoms. The topological polar surface area (TPSA) is 57.7 Å². The molecule has 0 saturated carbocycles. The maximum atomic E-state index is 11.5. The van der Waals surface area contributed by atoms with Crippen LogP contribution in [-0.2, 0) is 21.2 Å². The zero-order valence-corrected chi connectivity index (χ0v) is 14.8. The maximum Gasteiger partial charge on any atom is 0.219 e. The SMILES string of the molecule is CC(=O)N(C)CC1=CCCN(Cc2ccc(S(C)(=O)=O)cc2)C1. The second-order valence-corrected chi connectivity index (χ2v) is 8.17. The molecule has 0 aromatic heterocycles. The molecule has 1 aliphatic heterocycles. The van der Waals surface area contributed by atoms with E-state index in [1.54, 1.807) is 24.0 Å². The molecule has 1 aromatic carbocycles. The number of likely N-dealkylation sites (N-methyl/N-ethyl adjacent to an activating group) is 1. The van der Waals surface area contributed by atoms with Gasteiger partial charge in [-0.2, -0.15) is 0 Å². The quantitative estimate of drug-likeness (QED) is 0.768. The van der Waals surface area contributed by atoms with Crippen LogP contribution in [-0.4, -0.2) is 57.1 Å². The Bertz CT molecular complexity index is 693. The lowest BCUT2D eigenvalue weighted by atomic mass is 10.1. The van der Waals surface area contributed by atoms with Crippen LogP contribution in [0.15, 0.2) is 40.8 Å². The molecule has 6 heteroatoms. The number of rotatable bonds is 5. The molecule has 0 fully saturated rings. The molecule has 0 bridgehead atoms. The van der Waals surface area contributed by atoms with Gasteiger partial charge in [-0.05, 0) is 29.7 Å². The van der Waals surface area contributed by atoms with Crippen LogP contribution in [0.25, 0.3) is 0 Å². The van der Waals surface area contributed by atoms with Crippen LogP contribution in [0.3, 0.4) is 0 Å². The van der Waals surface area contributed by atoms with Gasteiger partial charge in [-0.15, -0.1) is 0 Å². The molecule has 5 nitrogen and oxygen atoms in total. The van der Waals surface area contributed by atoms with E-state index >= 15 is 0 Å². The first-order chi connectivity index (χ1) is 10.8. The molecule has 0 radical (unpaired) electrons. The molecule has 1 aliphatic rings.